The minimum Gasteiger partial charge on any atom is -0.492 e. The molecule has 0 atom stereocenters. The zero-order valence-electron chi connectivity index (χ0n) is 14.0. The molecule has 0 N–H and O–H groups in total. The summed E-state index contributed by atoms with van der Waals surface area (Å²) in [5, 5.41) is 0. The Labute approximate surface area is 160 Å². The van der Waals surface area contributed by atoms with Gasteiger partial charge >= 0.3 is 0 Å². The van der Waals surface area contributed by atoms with Crippen molar-refractivity contribution >= 4 is 35.8 Å². The number of halogens is 2. The largest absolute Gasteiger partial charge is 0.492 e. The molecule has 26 heavy (non-hydrogen) atoms. The highest BCUT2D eigenvalue weighted by atomic mass is 79.9. The maximum absolute atomic E-state index is 12.8. The van der Waals surface area contributed by atoms with Gasteiger partial charge < -0.3 is 4.74 Å². The van der Waals surface area contributed by atoms with Crippen LogP contribution in [0.25, 0.3) is 0 Å². The maximum atomic E-state index is 12.8. The third-order valence-electron chi connectivity index (χ3n) is 3.51. The zero-order valence-corrected chi connectivity index (χ0v) is 17.2. The molecule has 2 aromatic rings. The Kier molecular flexibility index (Phi) is 6.43. The SMILES string of the molecule is CN(CCOc1ccc(F)cc1)S(=O)(=O)c1cc(S(C)(=O)=O)ccc1Br. The van der Waals surface area contributed by atoms with Gasteiger partial charge in [-0.3, -0.25) is 0 Å². The number of benzene rings is 2. The van der Waals surface area contributed by atoms with E-state index in [1.165, 1.54) is 43.4 Å². The molecule has 10 heteroatoms. The van der Waals surface area contributed by atoms with Crippen LogP contribution in [0.5, 0.6) is 5.75 Å². The molecule has 2 rings (SSSR count). The monoisotopic (exact) mass is 465 g/mol. The van der Waals surface area contributed by atoms with Gasteiger partial charge in [-0.25, -0.2) is 21.2 Å². The van der Waals surface area contributed by atoms with Crippen LogP contribution in [0.3, 0.4) is 0 Å². The van der Waals surface area contributed by atoms with Crippen molar-refractivity contribution in [1.82, 2.24) is 4.31 Å². The average molecular weight is 466 g/mol. The summed E-state index contributed by atoms with van der Waals surface area (Å²) in [6.45, 7) is 0.0694. The van der Waals surface area contributed by atoms with Crippen LogP contribution in [-0.2, 0) is 19.9 Å². The molecule has 142 valence electrons. The van der Waals surface area contributed by atoms with Crippen molar-refractivity contribution in [3.63, 3.8) is 0 Å². The number of hydrogen-bond donors (Lipinski definition) is 0. The van der Waals surface area contributed by atoms with E-state index in [1.807, 2.05) is 0 Å². The molecule has 0 heterocycles. The topological polar surface area (TPSA) is 80.8 Å². The number of hydrogen-bond acceptors (Lipinski definition) is 5. The summed E-state index contributed by atoms with van der Waals surface area (Å²) in [7, 11) is -6.11. The average Bonchev–Trinajstić information content (AvgIpc) is 2.55. The van der Waals surface area contributed by atoms with E-state index in [-0.39, 0.29) is 27.4 Å². The molecule has 0 aromatic heterocycles. The first kappa shape index (κ1) is 20.8. The molecule has 0 amide bonds. The predicted octanol–water partition coefficient (Wildman–Crippen LogP) is 2.69. The van der Waals surface area contributed by atoms with Crippen molar-refractivity contribution in [2.45, 2.75) is 9.79 Å². The molecule has 0 aliphatic heterocycles. The summed E-state index contributed by atoms with van der Waals surface area (Å²) in [4.78, 5) is -0.236. The summed E-state index contributed by atoms with van der Waals surface area (Å²) in [6.07, 6.45) is 1.01. The van der Waals surface area contributed by atoms with E-state index in [2.05, 4.69) is 15.9 Å². The number of nitrogens with zero attached hydrogens (tertiary/aromatic N) is 1. The Morgan fingerprint density at radius 3 is 2.27 bits per heavy atom. The predicted molar refractivity (Wildman–Crippen MR) is 99.0 cm³/mol. The van der Waals surface area contributed by atoms with Gasteiger partial charge in [-0.1, -0.05) is 0 Å². The van der Waals surface area contributed by atoms with Gasteiger partial charge in [0.1, 0.15) is 18.2 Å². The fourth-order valence-corrected chi connectivity index (χ4v) is 4.85. The van der Waals surface area contributed by atoms with Crippen molar-refractivity contribution in [1.29, 1.82) is 0 Å². The second-order valence-corrected chi connectivity index (χ2v) is 10.4. The zero-order chi connectivity index (χ0) is 19.5. The van der Waals surface area contributed by atoms with Crippen LogP contribution in [0.2, 0.25) is 0 Å². The molecule has 0 saturated heterocycles. The Bertz CT molecular complexity index is 992. The van der Waals surface area contributed by atoms with Crippen LogP contribution in [0.1, 0.15) is 0 Å². The van der Waals surface area contributed by atoms with Gasteiger partial charge in [0.2, 0.25) is 10.0 Å². The Hall–Kier alpha value is -1.49. The Balaban J connectivity index is 2.14. The number of sulfonamides is 1. The molecule has 0 fully saturated rings. The maximum Gasteiger partial charge on any atom is 0.244 e. The van der Waals surface area contributed by atoms with Gasteiger partial charge in [0.25, 0.3) is 0 Å². The molecule has 0 aliphatic carbocycles. The van der Waals surface area contributed by atoms with Crippen molar-refractivity contribution in [3.05, 3.63) is 52.8 Å². The highest BCUT2D eigenvalue weighted by Gasteiger charge is 2.25. The van der Waals surface area contributed by atoms with Crippen LogP contribution >= 0.6 is 15.9 Å². The molecular formula is C16H17BrFNO5S2. The van der Waals surface area contributed by atoms with E-state index in [4.69, 9.17) is 4.74 Å². The molecular weight excluding hydrogens is 449 g/mol. The summed E-state index contributed by atoms with van der Waals surface area (Å²) < 4.78 is 68.3. The standard InChI is InChI=1S/C16H17BrFNO5S2/c1-19(9-10-24-13-5-3-12(18)4-6-13)26(22,23)16-11-14(25(2,20)21)7-8-15(16)17/h3-8,11H,9-10H2,1-2H3. The van der Waals surface area contributed by atoms with Crippen molar-refractivity contribution in [3.8, 4) is 5.75 Å². The second-order valence-electron chi connectivity index (χ2n) is 5.49. The van der Waals surface area contributed by atoms with Crippen LogP contribution in [-0.4, -0.2) is 47.6 Å². The molecule has 2 aromatic carbocycles. The third-order valence-corrected chi connectivity index (χ3v) is 7.47. The first-order chi connectivity index (χ1) is 12.0. The van der Waals surface area contributed by atoms with E-state index in [0.29, 0.717) is 5.75 Å². The minimum atomic E-state index is -3.93. The number of rotatable bonds is 7. The lowest BCUT2D eigenvalue weighted by Gasteiger charge is -2.19. The molecule has 0 saturated carbocycles. The number of ether oxygens (including phenoxy) is 1. The highest BCUT2D eigenvalue weighted by molar-refractivity contribution is 9.10. The fraction of sp³-hybridized carbons (Fsp3) is 0.250. The Morgan fingerprint density at radius 2 is 1.69 bits per heavy atom. The van der Waals surface area contributed by atoms with E-state index in [0.717, 1.165) is 16.6 Å². The number of likely N-dealkylation sites (N-methyl/N-ethyl adjacent to an activating group) is 1. The lowest BCUT2D eigenvalue weighted by atomic mass is 10.3. The second kappa shape index (κ2) is 8.03. The van der Waals surface area contributed by atoms with Gasteiger partial charge in [0.05, 0.1) is 9.79 Å². The fourth-order valence-electron chi connectivity index (χ4n) is 2.02. The third kappa shape index (κ3) is 5.03. The molecule has 6 nitrogen and oxygen atoms in total. The molecule has 0 aliphatic rings. The minimum absolute atomic E-state index is 0.0231. The van der Waals surface area contributed by atoms with Crippen LogP contribution in [0.4, 0.5) is 4.39 Å². The molecule has 0 spiro atoms. The van der Waals surface area contributed by atoms with Gasteiger partial charge in [0.15, 0.2) is 9.84 Å². The summed E-state index contributed by atoms with van der Waals surface area (Å²) >= 11 is 3.15. The smallest absolute Gasteiger partial charge is 0.244 e. The lowest BCUT2D eigenvalue weighted by molar-refractivity contribution is 0.286. The van der Waals surface area contributed by atoms with E-state index in [1.54, 1.807) is 0 Å². The van der Waals surface area contributed by atoms with Crippen LogP contribution in [0.15, 0.2) is 56.7 Å². The summed E-state index contributed by atoms with van der Waals surface area (Å²) in [5.41, 5.74) is 0. The normalized spacial score (nSPS) is 12.3. The summed E-state index contributed by atoms with van der Waals surface area (Å²) in [6, 6.07) is 9.19. The molecule has 0 bridgehead atoms. The molecule has 0 radical (unpaired) electrons. The lowest BCUT2D eigenvalue weighted by Crippen LogP contribution is -2.31. The first-order valence-corrected chi connectivity index (χ1v) is 11.5. The van der Waals surface area contributed by atoms with Crippen LogP contribution in [0, 0.1) is 5.82 Å². The Morgan fingerprint density at radius 1 is 1.08 bits per heavy atom. The molecule has 0 unspecified atom stereocenters. The van der Waals surface area contributed by atoms with Crippen LogP contribution < -0.4 is 4.74 Å². The van der Waals surface area contributed by atoms with Gasteiger partial charge in [-0.15, -0.1) is 0 Å². The number of sulfone groups is 1. The van der Waals surface area contributed by atoms with Crippen molar-refractivity contribution in [2.75, 3.05) is 26.5 Å². The van der Waals surface area contributed by atoms with E-state index >= 15 is 0 Å². The van der Waals surface area contributed by atoms with Gasteiger partial charge in [-0.05, 0) is 58.4 Å². The van der Waals surface area contributed by atoms with E-state index in [9.17, 15) is 21.2 Å². The van der Waals surface area contributed by atoms with Crippen molar-refractivity contribution < 1.29 is 26.0 Å². The summed E-state index contributed by atoms with van der Waals surface area (Å²) in [5.74, 6) is 0.0186. The quantitative estimate of drug-likeness (QED) is 0.627. The van der Waals surface area contributed by atoms with Gasteiger partial charge in [-0.2, -0.15) is 4.31 Å². The van der Waals surface area contributed by atoms with Crippen molar-refractivity contribution in [2.24, 2.45) is 0 Å². The highest BCUT2D eigenvalue weighted by Crippen LogP contribution is 2.27. The van der Waals surface area contributed by atoms with Gasteiger partial charge in [0, 0.05) is 24.3 Å². The van der Waals surface area contributed by atoms with E-state index < -0.39 is 25.7 Å². The first-order valence-electron chi connectivity index (χ1n) is 7.36.